The summed E-state index contributed by atoms with van der Waals surface area (Å²) in [5.41, 5.74) is 5.01. The second-order valence-corrected chi connectivity index (χ2v) is 14.0. The van der Waals surface area contributed by atoms with Gasteiger partial charge in [0.1, 0.15) is 5.58 Å². The minimum absolute atomic E-state index is 0. The molecule has 0 saturated carbocycles. The number of aromatic nitrogens is 4. The third kappa shape index (κ3) is 7.17. The standard InChI is InChI=1S/C29H23N2O.C14H15N2.Ir/c1-29(2,3)17-20-15-16-30-28(31-20)24-10-6-9-22-23-14-13-19-12-11-18-7-4-5-8-21(18)25(19)27(23)32-26(22)24;1-14(2,3)12-9-13(16-15-10-12)11-7-5-4-6-8-11;/h4-9,11-16H,17H2,1-3H3;4-7,9-10H,1-3H3;/q2*-1;/i17D2;;. The fourth-order valence-corrected chi connectivity index (χ4v) is 5.85. The first-order valence-electron chi connectivity index (χ1n) is 17.1. The Hall–Kier alpha value is -4.77. The van der Waals surface area contributed by atoms with Crippen LogP contribution in [0.25, 0.3) is 66.1 Å². The first-order valence-corrected chi connectivity index (χ1v) is 16.1. The molecule has 6 heteroatoms. The zero-order chi connectivity index (χ0) is 35.3. The van der Waals surface area contributed by atoms with E-state index in [1.165, 1.54) is 5.56 Å². The van der Waals surface area contributed by atoms with E-state index in [-0.39, 0.29) is 25.5 Å². The summed E-state index contributed by atoms with van der Waals surface area (Å²) in [5.74, 6) is 0.407. The summed E-state index contributed by atoms with van der Waals surface area (Å²) < 4.78 is 23.8. The first kappa shape index (κ1) is 31.5. The van der Waals surface area contributed by atoms with Gasteiger partial charge in [0.2, 0.25) is 0 Å². The fraction of sp³-hybridized carbons (Fsp3) is 0.209. The van der Waals surface area contributed by atoms with Gasteiger partial charge in [-0.3, -0.25) is 9.97 Å². The van der Waals surface area contributed by atoms with Crippen LogP contribution in [0.5, 0.6) is 0 Å². The van der Waals surface area contributed by atoms with Gasteiger partial charge in [-0.2, -0.15) is 5.10 Å². The summed E-state index contributed by atoms with van der Waals surface area (Å²) in [4.78, 5) is 9.11. The number of hydrogen-bond donors (Lipinski definition) is 0. The van der Waals surface area contributed by atoms with Crippen molar-refractivity contribution in [3.8, 4) is 22.6 Å². The summed E-state index contributed by atoms with van der Waals surface area (Å²) in [6, 6.07) is 38.6. The van der Waals surface area contributed by atoms with Crippen molar-refractivity contribution in [2.75, 3.05) is 0 Å². The quantitative estimate of drug-likeness (QED) is 0.131. The SMILES string of the molecule is CC(C)(C)c1cnnc(-c2[c-]cccc2)c1.[2H]C([2H])(c1ccnc(-c2[c-]ccc3c2oc2c3ccc3ccc4ccccc4c32)n1)C(C)(C)C.[Ir]. The predicted molar refractivity (Wildman–Crippen MR) is 197 cm³/mol. The van der Waals surface area contributed by atoms with Crippen LogP contribution in [0.15, 0.2) is 114 Å². The Bertz CT molecular complexity index is 2500. The van der Waals surface area contributed by atoms with Crippen molar-refractivity contribution in [1.29, 1.82) is 0 Å². The molecule has 8 aromatic rings. The normalized spacial score (nSPS) is 12.7. The monoisotopic (exact) mass is 821 g/mol. The van der Waals surface area contributed by atoms with Gasteiger partial charge in [-0.25, -0.2) is 5.10 Å². The molecule has 0 bridgehead atoms. The molecule has 0 amide bonds. The largest absolute Gasteiger partial charge is 0.500 e. The Kier molecular flexibility index (Phi) is 8.76. The van der Waals surface area contributed by atoms with Crippen LogP contribution in [-0.4, -0.2) is 20.2 Å². The molecule has 247 valence electrons. The van der Waals surface area contributed by atoms with Crippen LogP contribution in [0.2, 0.25) is 0 Å². The molecular weight excluding hydrogens is 781 g/mol. The maximum Gasteiger partial charge on any atom is 0.129 e. The Balaban J connectivity index is 0.000000222. The summed E-state index contributed by atoms with van der Waals surface area (Å²) in [7, 11) is 0. The molecule has 0 aliphatic heterocycles. The number of rotatable bonds is 3. The molecule has 49 heavy (non-hydrogen) atoms. The van der Waals surface area contributed by atoms with Crippen molar-refractivity contribution in [2.24, 2.45) is 5.41 Å². The van der Waals surface area contributed by atoms with E-state index in [0.717, 1.165) is 49.2 Å². The molecule has 3 heterocycles. The van der Waals surface area contributed by atoms with Crippen LogP contribution >= 0.6 is 0 Å². The second kappa shape index (κ2) is 13.6. The smallest absolute Gasteiger partial charge is 0.129 e. The van der Waals surface area contributed by atoms with Gasteiger partial charge in [-0.05, 0) is 45.0 Å². The minimum Gasteiger partial charge on any atom is -0.500 e. The number of fused-ring (bicyclic) bond motifs is 7. The summed E-state index contributed by atoms with van der Waals surface area (Å²) in [5, 5.41) is 14.7. The molecule has 0 fully saturated rings. The van der Waals surface area contributed by atoms with Crippen molar-refractivity contribution >= 4 is 43.5 Å². The van der Waals surface area contributed by atoms with Gasteiger partial charge >= 0.3 is 0 Å². The van der Waals surface area contributed by atoms with Crippen LogP contribution in [0.4, 0.5) is 0 Å². The summed E-state index contributed by atoms with van der Waals surface area (Å²) >= 11 is 0. The van der Waals surface area contributed by atoms with E-state index in [0.29, 0.717) is 22.7 Å². The van der Waals surface area contributed by atoms with Gasteiger partial charge in [0.05, 0.1) is 17.6 Å². The van der Waals surface area contributed by atoms with Crippen molar-refractivity contribution in [1.82, 2.24) is 20.2 Å². The molecule has 3 aromatic heterocycles. The summed E-state index contributed by atoms with van der Waals surface area (Å²) in [6.07, 6.45) is 1.81. The summed E-state index contributed by atoms with van der Waals surface area (Å²) in [6.45, 7) is 12.1. The van der Waals surface area contributed by atoms with Crippen LogP contribution in [0.1, 0.15) is 55.5 Å². The van der Waals surface area contributed by atoms with Crippen LogP contribution in [0.3, 0.4) is 0 Å². The van der Waals surface area contributed by atoms with Crippen molar-refractivity contribution in [2.45, 2.75) is 53.3 Å². The number of furan rings is 1. The van der Waals surface area contributed by atoms with Gasteiger partial charge in [0.25, 0.3) is 0 Å². The first-order chi connectivity index (χ1) is 23.8. The number of nitrogens with zero attached hydrogens (tertiary/aromatic N) is 4. The number of benzene rings is 5. The van der Waals surface area contributed by atoms with Crippen LogP contribution in [0, 0.1) is 17.5 Å². The van der Waals surface area contributed by atoms with E-state index in [4.69, 9.17) is 7.16 Å². The third-order valence-corrected chi connectivity index (χ3v) is 8.19. The molecule has 1 radical (unpaired) electrons. The third-order valence-electron chi connectivity index (χ3n) is 8.19. The van der Waals surface area contributed by atoms with E-state index in [1.54, 1.807) is 12.3 Å². The molecule has 5 nitrogen and oxygen atoms in total. The maximum absolute atomic E-state index is 8.64. The van der Waals surface area contributed by atoms with E-state index >= 15 is 0 Å². The molecule has 0 atom stereocenters. The fourth-order valence-electron chi connectivity index (χ4n) is 5.85. The molecule has 0 saturated heterocycles. The van der Waals surface area contributed by atoms with Gasteiger partial charge < -0.3 is 4.42 Å². The van der Waals surface area contributed by atoms with Crippen molar-refractivity contribution in [3.63, 3.8) is 0 Å². The molecule has 0 aliphatic rings. The Labute approximate surface area is 304 Å². The minimum atomic E-state index is -1.62. The Morgan fingerprint density at radius 1 is 0.755 bits per heavy atom. The van der Waals surface area contributed by atoms with Crippen molar-refractivity contribution < 1.29 is 27.3 Å². The molecule has 8 rings (SSSR count). The van der Waals surface area contributed by atoms with Gasteiger partial charge in [0, 0.05) is 51.2 Å². The molecule has 0 N–H and O–H groups in total. The van der Waals surface area contributed by atoms with Crippen molar-refractivity contribution in [3.05, 3.63) is 133 Å². The van der Waals surface area contributed by atoms with Gasteiger partial charge in [-0.1, -0.05) is 107 Å². The maximum atomic E-state index is 8.64. The molecule has 5 aromatic carbocycles. The second-order valence-electron chi connectivity index (χ2n) is 14.0. The molecular formula is C43H38IrN4O-2. The predicted octanol–water partition coefficient (Wildman–Crippen LogP) is 11.0. The molecule has 0 spiro atoms. The van der Waals surface area contributed by atoms with Crippen LogP contribution in [-0.2, 0) is 31.9 Å². The topological polar surface area (TPSA) is 64.7 Å². The van der Waals surface area contributed by atoms with E-state index in [1.807, 2.05) is 75.5 Å². The molecule has 0 unspecified atom stereocenters. The number of hydrogen-bond acceptors (Lipinski definition) is 5. The Morgan fingerprint density at radius 3 is 2.29 bits per heavy atom. The van der Waals surface area contributed by atoms with E-state index < -0.39 is 11.8 Å². The van der Waals surface area contributed by atoms with Gasteiger partial charge in [0.15, 0.2) is 0 Å². The zero-order valence-corrected chi connectivity index (χ0v) is 30.8. The van der Waals surface area contributed by atoms with Gasteiger partial charge in [-0.15, -0.1) is 54.1 Å². The van der Waals surface area contributed by atoms with Crippen LogP contribution < -0.4 is 0 Å². The zero-order valence-electron chi connectivity index (χ0n) is 30.4. The van der Waals surface area contributed by atoms with E-state index in [2.05, 4.69) is 95.5 Å². The average molecular weight is 821 g/mol. The average Bonchev–Trinajstić information content (AvgIpc) is 3.50. The van der Waals surface area contributed by atoms with E-state index in [9.17, 15) is 0 Å². The molecule has 0 aliphatic carbocycles. The Morgan fingerprint density at radius 2 is 1.51 bits per heavy atom.